The lowest BCUT2D eigenvalue weighted by atomic mass is 10.1. The van der Waals surface area contributed by atoms with Crippen LogP contribution < -0.4 is 5.73 Å². The van der Waals surface area contributed by atoms with Gasteiger partial charge in [0.2, 0.25) is 0 Å². The predicted octanol–water partition coefficient (Wildman–Crippen LogP) is 3.81. The first-order valence-corrected chi connectivity index (χ1v) is 8.21. The first-order chi connectivity index (χ1) is 11.7. The van der Waals surface area contributed by atoms with Crippen molar-refractivity contribution in [1.29, 1.82) is 0 Å². The molecule has 0 aliphatic heterocycles. The van der Waals surface area contributed by atoms with Crippen molar-refractivity contribution in [3.8, 4) is 0 Å². The van der Waals surface area contributed by atoms with Crippen LogP contribution >= 0.6 is 12.4 Å². The van der Waals surface area contributed by atoms with Crippen molar-refractivity contribution in [2.45, 2.75) is 13.3 Å². The minimum absolute atomic E-state index is 0. The summed E-state index contributed by atoms with van der Waals surface area (Å²) in [6.45, 7) is 3.55. The lowest BCUT2D eigenvalue weighted by Crippen LogP contribution is -2.36. The Balaban J connectivity index is 0.00000225. The fourth-order valence-electron chi connectivity index (χ4n) is 2.85. The van der Waals surface area contributed by atoms with Crippen molar-refractivity contribution in [3.63, 3.8) is 0 Å². The standard InChI is InChI=1S/C20H22N2O2.ClH/c1-15-6-5-9-17-14-18(24-19(15)17)20(23)22(13-11-21)12-10-16-7-3-2-4-8-16;/h2-9,14H,10-13,21H2,1H3;1H. The maximum absolute atomic E-state index is 12.8. The summed E-state index contributed by atoms with van der Waals surface area (Å²) < 4.78 is 5.81. The minimum atomic E-state index is -0.105. The molecule has 0 aliphatic rings. The van der Waals surface area contributed by atoms with Gasteiger partial charge in [0.25, 0.3) is 5.91 Å². The molecule has 0 bridgehead atoms. The van der Waals surface area contributed by atoms with Gasteiger partial charge in [-0.1, -0.05) is 48.5 Å². The number of amides is 1. The Morgan fingerprint density at radius 1 is 1.08 bits per heavy atom. The number of carbonyl (C=O) groups is 1. The third-order valence-electron chi connectivity index (χ3n) is 4.15. The van der Waals surface area contributed by atoms with Crippen molar-refractivity contribution in [3.05, 3.63) is 71.5 Å². The van der Waals surface area contributed by atoms with Crippen LogP contribution in [0.15, 0.2) is 59.0 Å². The van der Waals surface area contributed by atoms with Crippen molar-refractivity contribution in [2.75, 3.05) is 19.6 Å². The number of halogens is 1. The van der Waals surface area contributed by atoms with Crippen LogP contribution in [0.2, 0.25) is 0 Å². The summed E-state index contributed by atoms with van der Waals surface area (Å²) in [5, 5.41) is 0.953. The number of benzene rings is 2. The van der Waals surface area contributed by atoms with Crippen LogP contribution in [0.4, 0.5) is 0 Å². The molecule has 0 saturated heterocycles. The van der Waals surface area contributed by atoms with Gasteiger partial charge in [0, 0.05) is 25.0 Å². The van der Waals surface area contributed by atoms with E-state index >= 15 is 0 Å². The molecule has 2 aromatic carbocycles. The van der Waals surface area contributed by atoms with Gasteiger partial charge in [-0.05, 0) is 30.5 Å². The minimum Gasteiger partial charge on any atom is -0.451 e. The predicted molar refractivity (Wildman–Crippen MR) is 103 cm³/mol. The molecule has 0 aliphatic carbocycles. The normalized spacial score (nSPS) is 10.5. The third-order valence-corrected chi connectivity index (χ3v) is 4.15. The molecule has 4 nitrogen and oxygen atoms in total. The fourth-order valence-corrected chi connectivity index (χ4v) is 2.85. The molecule has 2 N–H and O–H groups in total. The Hall–Kier alpha value is -2.30. The van der Waals surface area contributed by atoms with Crippen LogP contribution in [-0.4, -0.2) is 30.4 Å². The van der Waals surface area contributed by atoms with Crippen molar-refractivity contribution in [1.82, 2.24) is 4.90 Å². The van der Waals surface area contributed by atoms with Gasteiger partial charge < -0.3 is 15.1 Å². The van der Waals surface area contributed by atoms with Gasteiger partial charge in [0.05, 0.1) is 0 Å². The second-order valence-corrected chi connectivity index (χ2v) is 5.92. The summed E-state index contributed by atoms with van der Waals surface area (Å²) in [5.74, 6) is 0.271. The number of nitrogens with two attached hydrogens (primary N) is 1. The van der Waals surface area contributed by atoms with Crippen LogP contribution in [0, 0.1) is 6.92 Å². The third kappa shape index (κ3) is 4.41. The zero-order valence-electron chi connectivity index (χ0n) is 14.3. The van der Waals surface area contributed by atoms with Gasteiger partial charge in [-0.25, -0.2) is 0 Å². The van der Waals surface area contributed by atoms with E-state index in [0.717, 1.165) is 23.0 Å². The van der Waals surface area contributed by atoms with Gasteiger partial charge in [-0.15, -0.1) is 12.4 Å². The highest BCUT2D eigenvalue weighted by atomic mass is 35.5. The van der Waals surface area contributed by atoms with Crippen LogP contribution in [0.5, 0.6) is 0 Å². The van der Waals surface area contributed by atoms with E-state index in [0.29, 0.717) is 25.4 Å². The molecule has 1 amide bonds. The molecule has 5 heteroatoms. The van der Waals surface area contributed by atoms with E-state index in [1.165, 1.54) is 5.56 Å². The highest BCUT2D eigenvalue weighted by Gasteiger charge is 2.19. The van der Waals surface area contributed by atoms with Gasteiger partial charge in [-0.3, -0.25) is 4.79 Å². The summed E-state index contributed by atoms with van der Waals surface area (Å²) in [6.07, 6.45) is 0.797. The molecule has 1 aromatic heterocycles. The Morgan fingerprint density at radius 3 is 2.52 bits per heavy atom. The number of hydrogen-bond acceptors (Lipinski definition) is 3. The van der Waals surface area contributed by atoms with Gasteiger partial charge in [0.1, 0.15) is 5.58 Å². The zero-order chi connectivity index (χ0) is 16.9. The summed E-state index contributed by atoms with van der Waals surface area (Å²) >= 11 is 0. The molecule has 132 valence electrons. The van der Waals surface area contributed by atoms with Crippen LogP contribution in [-0.2, 0) is 6.42 Å². The number of furan rings is 1. The molecule has 0 unspecified atom stereocenters. The maximum Gasteiger partial charge on any atom is 0.289 e. The van der Waals surface area contributed by atoms with Gasteiger partial charge >= 0.3 is 0 Å². The van der Waals surface area contributed by atoms with E-state index in [2.05, 4.69) is 12.1 Å². The number of rotatable bonds is 6. The molecule has 0 atom stereocenters. The SMILES string of the molecule is Cc1cccc2cc(C(=O)N(CCN)CCc3ccccc3)oc12.Cl. The lowest BCUT2D eigenvalue weighted by Gasteiger charge is -2.20. The topological polar surface area (TPSA) is 59.5 Å². The number of aryl methyl sites for hydroxylation is 1. The number of para-hydroxylation sites is 1. The van der Waals surface area contributed by atoms with E-state index < -0.39 is 0 Å². The Kier molecular flexibility index (Phi) is 6.62. The van der Waals surface area contributed by atoms with Crippen LogP contribution in [0.25, 0.3) is 11.0 Å². The number of hydrogen-bond donors (Lipinski definition) is 1. The van der Waals surface area contributed by atoms with E-state index in [1.807, 2.05) is 49.4 Å². The molecule has 25 heavy (non-hydrogen) atoms. The van der Waals surface area contributed by atoms with Crippen LogP contribution in [0.1, 0.15) is 21.7 Å². The van der Waals surface area contributed by atoms with Crippen LogP contribution in [0.3, 0.4) is 0 Å². The molecule has 0 saturated carbocycles. The average Bonchev–Trinajstić information content (AvgIpc) is 3.04. The zero-order valence-corrected chi connectivity index (χ0v) is 15.1. The molecule has 3 aromatic rings. The summed E-state index contributed by atoms with van der Waals surface area (Å²) in [6, 6.07) is 17.9. The van der Waals surface area contributed by atoms with E-state index in [-0.39, 0.29) is 18.3 Å². The van der Waals surface area contributed by atoms with Gasteiger partial charge in [-0.2, -0.15) is 0 Å². The van der Waals surface area contributed by atoms with Gasteiger partial charge in [0.15, 0.2) is 5.76 Å². The van der Waals surface area contributed by atoms with E-state index in [4.69, 9.17) is 10.2 Å². The second kappa shape index (κ2) is 8.70. The van der Waals surface area contributed by atoms with Crippen molar-refractivity contribution in [2.24, 2.45) is 5.73 Å². The number of fused-ring (bicyclic) bond motifs is 1. The van der Waals surface area contributed by atoms with E-state index in [1.54, 1.807) is 4.90 Å². The largest absolute Gasteiger partial charge is 0.451 e. The molecular weight excluding hydrogens is 336 g/mol. The Bertz CT molecular complexity index is 830. The summed E-state index contributed by atoms with van der Waals surface area (Å²) in [5.41, 5.74) is 8.69. The quantitative estimate of drug-likeness (QED) is 0.729. The second-order valence-electron chi connectivity index (χ2n) is 5.92. The molecule has 3 rings (SSSR count). The molecule has 0 radical (unpaired) electrons. The monoisotopic (exact) mass is 358 g/mol. The molecule has 0 fully saturated rings. The molecule has 0 spiro atoms. The van der Waals surface area contributed by atoms with Crippen molar-refractivity contribution < 1.29 is 9.21 Å². The summed E-state index contributed by atoms with van der Waals surface area (Å²) in [4.78, 5) is 14.6. The smallest absolute Gasteiger partial charge is 0.289 e. The molecule has 1 heterocycles. The first kappa shape index (κ1) is 19.0. The Labute approximate surface area is 154 Å². The number of carbonyl (C=O) groups excluding carboxylic acids is 1. The van der Waals surface area contributed by atoms with Crippen molar-refractivity contribution >= 4 is 29.3 Å². The molecular formula is C20H23ClN2O2. The lowest BCUT2D eigenvalue weighted by molar-refractivity contribution is 0.0732. The number of nitrogens with zero attached hydrogens (tertiary/aromatic N) is 1. The highest BCUT2D eigenvalue weighted by molar-refractivity contribution is 5.96. The summed E-state index contributed by atoms with van der Waals surface area (Å²) in [7, 11) is 0. The highest BCUT2D eigenvalue weighted by Crippen LogP contribution is 2.23. The Morgan fingerprint density at radius 2 is 1.84 bits per heavy atom. The van der Waals surface area contributed by atoms with E-state index in [9.17, 15) is 4.79 Å². The maximum atomic E-state index is 12.8. The first-order valence-electron chi connectivity index (χ1n) is 8.21. The average molecular weight is 359 g/mol. The fraction of sp³-hybridized carbons (Fsp3) is 0.250.